The predicted octanol–water partition coefficient (Wildman–Crippen LogP) is 19.8. The Morgan fingerprint density at radius 2 is 0.662 bits per heavy atom. The van der Waals surface area contributed by atoms with Gasteiger partial charge in [-0.3, -0.25) is 9.59 Å². The average molecular weight is 946 g/mol. The molecule has 5 heteroatoms. The highest BCUT2D eigenvalue weighted by atomic mass is 16.6. The van der Waals surface area contributed by atoms with Gasteiger partial charge in [-0.15, -0.1) is 0 Å². The molecule has 1 atom stereocenters. The molecule has 390 valence electrons. The number of hydrogen-bond acceptors (Lipinski definition) is 5. The molecule has 0 fully saturated rings. The number of hydrogen-bond donors (Lipinski definition) is 0. The van der Waals surface area contributed by atoms with Crippen LogP contribution in [0, 0.1) is 0 Å². The van der Waals surface area contributed by atoms with Gasteiger partial charge in [0, 0.05) is 19.4 Å². The summed E-state index contributed by atoms with van der Waals surface area (Å²) < 4.78 is 17.4. The molecule has 1 unspecified atom stereocenters. The van der Waals surface area contributed by atoms with Gasteiger partial charge in [-0.2, -0.15) is 0 Å². The van der Waals surface area contributed by atoms with E-state index in [4.69, 9.17) is 14.2 Å². The number of carbonyl (C=O) groups excluding carboxylic acids is 2. The van der Waals surface area contributed by atoms with E-state index in [2.05, 4.69) is 118 Å². The number of esters is 2. The molecule has 0 aromatic rings. The first-order valence-electron chi connectivity index (χ1n) is 28.8. The topological polar surface area (TPSA) is 61.8 Å². The van der Waals surface area contributed by atoms with Crippen LogP contribution in [-0.4, -0.2) is 37.9 Å². The van der Waals surface area contributed by atoms with E-state index in [0.29, 0.717) is 19.4 Å². The molecule has 5 nitrogen and oxygen atoms in total. The number of allylic oxidation sites excluding steroid dienone is 16. The van der Waals surface area contributed by atoms with Crippen LogP contribution in [0.25, 0.3) is 0 Å². The van der Waals surface area contributed by atoms with Crippen molar-refractivity contribution in [2.75, 3.05) is 19.8 Å². The van der Waals surface area contributed by atoms with Crippen molar-refractivity contribution in [3.63, 3.8) is 0 Å². The molecule has 0 aromatic carbocycles. The van der Waals surface area contributed by atoms with Crippen LogP contribution in [0.4, 0.5) is 0 Å². The Hall–Kier alpha value is -3.18. The van der Waals surface area contributed by atoms with Gasteiger partial charge in [0.05, 0.1) is 6.61 Å². The van der Waals surface area contributed by atoms with Gasteiger partial charge in [0.25, 0.3) is 0 Å². The number of unbranched alkanes of at least 4 members (excludes halogenated alkanes) is 25. The summed E-state index contributed by atoms with van der Waals surface area (Å²) in [5.41, 5.74) is 0. The molecule has 0 aliphatic heterocycles. The first-order chi connectivity index (χ1) is 33.6. The van der Waals surface area contributed by atoms with E-state index in [9.17, 15) is 9.59 Å². The Morgan fingerprint density at radius 3 is 1.09 bits per heavy atom. The normalized spacial score (nSPS) is 12.9. The van der Waals surface area contributed by atoms with Crippen molar-refractivity contribution in [2.45, 2.75) is 271 Å². The minimum atomic E-state index is -0.568. The maximum absolute atomic E-state index is 12.9. The molecule has 0 heterocycles. The summed E-state index contributed by atoms with van der Waals surface area (Å²) in [5, 5.41) is 0. The van der Waals surface area contributed by atoms with Crippen molar-refractivity contribution in [2.24, 2.45) is 0 Å². The fourth-order valence-corrected chi connectivity index (χ4v) is 7.84. The van der Waals surface area contributed by atoms with Gasteiger partial charge in [0.2, 0.25) is 0 Å². The van der Waals surface area contributed by atoms with Gasteiger partial charge in [0.1, 0.15) is 6.61 Å². The lowest BCUT2D eigenvalue weighted by Gasteiger charge is -2.18. The van der Waals surface area contributed by atoms with Crippen LogP contribution in [0.1, 0.15) is 265 Å². The molecule has 0 amide bonds. The van der Waals surface area contributed by atoms with Crippen LogP contribution in [0.3, 0.4) is 0 Å². The minimum Gasteiger partial charge on any atom is -0.462 e. The average Bonchev–Trinajstić information content (AvgIpc) is 3.34. The molecule has 0 saturated heterocycles. The lowest BCUT2D eigenvalue weighted by Crippen LogP contribution is -2.30. The summed E-state index contributed by atoms with van der Waals surface area (Å²) in [6, 6.07) is 0. The predicted molar refractivity (Wildman–Crippen MR) is 297 cm³/mol. The van der Waals surface area contributed by atoms with Crippen LogP contribution >= 0.6 is 0 Å². The van der Waals surface area contributed by atoms with Crippen molar-refractivity contribution in [1.82, 2.24) is 0 Å². The van der Waals surface area contributed by atoms with Crippen LogP contribution in [0.15, 0.2) is 97.2 Å². The Bertz CT molecular complexity index is 1300. The fourth-order valence-electron chi connectivity index (χ4n) is 7.84. The maximum atomic E-state index is 12.9. The maximum Gasteiger partial charge on any atom is 0.306 e. The molecule has 0 bridgehead atoms. The third-order valence-electron chi connectivity index (χ3n) is 12.1. The summed E-state index contributed by atoms with van der Waals surface area (Å²) in [6.07, 6.45) is 78.6. The van der Waals surface area contributed by atoms with Gasteiger partial charge < -0.3 is 14.2 Å². The van der Waals surface area contributed by atoms with E-state index < -0.39 is 6.10 Å². The lowest BCUT2D eigenvalue weighted by atomic mass is 10.0. The van der Waals surface area contributed by atoms with Crippen LogP contribution < -0.4 is 0 Å². The Morgan fingerprint density at radius 1 is 0.338 bits per heavy atom. The van der Waals surface area contributed by atoms with E-state index in [1.807, 2.05) is 0 Å². The van der Waals surface area contributed by atoms with Gasteiger partial charge in [-0.1, -0.05) is 246 Å². The summed E-state index contributed by atoms with van der Waals surface area (Å²) >= 11 is 0. The number of carbonyl (C=O) groups is 2. The largest absolute Gasteiger partial charge is 0.462 e. The summed E-state index contributed by atoms with van der Waals surface area (Å²) in [4.78, 5) is 25.5. The highest BCUT2D eigenvalue weighted by Crippen LogP contribution is 2.15. The third kappa shape index (κ3) is 55.4. The molecular weight excluding hydrogens is 837 g/mol. The molecule has 0 aliphatic rings. The van der Waals surface area contributed by atoms with E-state index in [1.165, 1.54) is 128 Å². The first-order valence-corrected chi connectivity index (χ1v) is 28.8. The molecule has 0 aromatic heterocycles. The molecule has 0 saturated carbocycles. The minimum absolute atomic E-state index is 0.0585. The summed E-state index contributed by atoms with van der Waals surface area (Å²) in [7, 11) is 0. The molecular formula is C63H108O5. The van der Waals surface area contributed by atoms with E-state index in [0.717, 1.165) is 103 Å². The molecule has 0 spiro atoms. The Kier molecular flexibility index (Phi) is 55.4. The number of rotatable bonds is 52. The Balaban J connectivity index is 4.37. The smallest absolute Gasteiger partial charge is 0.306 e. The van der Waals surface area contributed by atoms with Gasteiger partial charge in [-0.05, 0) is 103 Å². The summed E-state index contributed by atoms with van der Waals surface area (Å²) in [6.45, 7) is 7.59. The Labute approximate surface area is 422 Å². The van der Waals surface area contributed by atoms with E-state index >= 15 is 0 Å². The molecule has 0 N–H and O–H groups in total. The standard InChI is InChI=1S/C63H108O5/c1-4-7-10-13-16-19-22-25-28-30-32-33-36-38-41-44-47-50-53-56-62(64)67-60-61(68-63(65)57-54-51-48-45-42-39-35-27-24-21-18-15-12-9-6-3)59-66-58-55-52-49-46-43-40-37-34-31-29-26-23-20-17-14-11-8-5-2/h8,11,16-17,19-20,25-26,28-29,32-34,37,43,46,61H,4-7,9-10,12-15,18,21-24,27,30-31,35-36,38-42,44-45,47-60H2,1-3H3/b11-8-,19-16-,20-17-,28-25-,29-26-,33-32-,37-34-,46-43-. The monoisotopic (exact) mass is 945 g/mol. The zero-order chi connectivity index (χ0) is 49.2. The zero-order valence-corrected chi connectivity index (χ0v) is 44.8. The van der Waals surface area contributed by atoms with Crippen LogP contribution in [0.5, 0.6) is 0 Å². The highest BCUT2D eigenvalue weighted by molar-refractivity contribution is 5.70. The first kappa shape index (κ1) is 64.8. The number of ether oxygens (including phenoxy) is 3. The fraction of sp³-hybridized carbons (Fsp3) is 0.714. The lowest BCUT2D eigenvalue weighted by molar-refractivity contribution is -0.163. The molecule has 0 radical (unpaired) electrons. The highest BCUT2D eigenvalue weighted by Gasteiger charge is 2.17. The zero-order valence-electron chi connectivity index (χ0n) is 44.8. The molecule has 0 aliphatic carbocycles. The molecule has 68 heavy (non-hydrogen) atoms. The third-order valence-corrected chi connectivity index (χ3v) is 12.1. The second kappa shape index (κ2) is 58.1. The second-order valence-corrected chi connectivity index (χ2v) is 18.8. The van der Waals surface area contributed by atoms with Gasteiger partial charge in [0.15, 0.2) is 6.10 Å². The van der Waals surface area contributed by atoms with Crippen molar-refractivity contribution >= 4 is 11.9 Å². The van der Waals surface area contributed by atoms with Gasteiger partial charge >= 0.3 is 11.9 Å². The van der Waals surface area contributed by atoms with Crippen LogP contribution in [-0.2, 0) is 23.8 Å². The SMILES string of the molecule is CC/C=C\C/C=C\C/C=C\C/C=C\C/C=C\CCCCOCC(COC(=O)CCCCCCCC/C=C\C/C=C\C/C=C\CCCCC)OC(=O)CCCCCCCCCCCCCCCCC. The van der Waals surface area contributed by atoms with Crippen molar-refractivity contribution in [3.05, 3.63) is 97.2 Å². The van der Waals surface area contributed by atoms with Gasteiger partial charge in [-0.25, -0.2) is 0 Å². The van der Waals surface area contributed by atoms with Crippen molar-refractivity contribution < 1.29 is 23.8 Å². The van der Waals surface area contributed by atoms with E-state index in [1.54, 1.807) is 0 Å². The van der Waals surface area contributed by atoms with E-state index in [-0.39, 0.29) is 25.2 Å². The van der Waals surface area contributed by atoms with Crippen molar-refractivity contribution in [3.8, 4) is 0 Å². The van der Waals surface area contributed by atoms with Crippen molar-refractivity contribution in [1.29, 1.82) is 0 Å². The second-order valence-electron chi connectivity index (χ2n) is 18.8. The molecule has 0 rings (SSSR count). The quantitative estimate of drug-likeness (QED) is 0.0345. The van der Waals surface area contributed by atoms with Crippen LogP contribution in [0.2, 0.25) is 0 Å². The summed E-state index contributed by atoms with van der Waals surface area (Å²) in [5.74, 6) is -0.431.